The molecular weight excluding hydrogens is 210 g/mol. The van der Waals surface area contributed by atoms with E-state index in [0.717, 1.165) is 30.2 Å². The fourth-order valence-corrected chi connectivity index (χ4v) is 2.07. The maximum Gasteiger partial charge on any atom is 0.130 e. The third-order valence-electron chi connectivity index (χ3n) is 2.71. The molecule has 0 aliphatic rings. The molecule has 0 aliphatic heterocycles. The normalized spacial score (nSPS) is 13.1. The lowest BCUT2D eigenvalue weighted by Gasteiger charge is -2.09. The zero-order valence-electron chi connectivity index (χ0n) is 9.97. The van der Waals surface area contributed by atoms with Crippen LogP contribution in [0, 0.1) is 12.8 Å². The summed E-state index contributed by atoms with van der Waals surface area (Å²) in [5.41, 5.74) is 2.25. The van der Waals surface area contributed by atoms with Crippen LogP contribution in [0.25, 0.3) is 0 Å². The Hall–Kier alpha value is -0.540. The van der Waals surface area contributed by atoms with Gasteiger partial charge < -0.3 is 5.32 Å². The average Bonchev–Trinajstić information content (AvgIpc) is 2.40. The number of aromatic nitrogens is 2. The van der Waals surface area contributed by atoms with Crippen molar-refractivity contribution in [3.05, 3.63) is 16.4 Å². The van der Waals surface area contributed by atoms with Crippen molar-refractivity contribution in [2.24, 2.45) is 13.0 Å². The van der Waals surface area contributed by atoms with Crippen molar-refractivity contribution in [1.82, 2.24) is 15.1 Å². The van der Waals surface area contributed by atoms with Crippen LogP contribution in [0.4, 0.5) is 0 Å². The molecule has 0 aliphatic carbocycles. The van der Waals surface area contributed by atoms with Crippen LogP contribution in [0.2, 0.25) is 5.15 Å². The molecule has 0 radical (unpaired) electrons. The molecule has 4 heteroatoms. The second-order valence-electron chi connectivity index (χ2n) is 4.18. The van der Waals surface area contributed by atoms with Crippen molar-refractivity contribution in [1.29, 1.82) is 0 Å². The largest absolute Gasteiger partial charge is 0.319 e. The first-order valence-corrected chi connectivity index (χ1v) is 5.76. The first-order chi connectivity index (χ1) is 7.06. The van der Waals surface area contributed by atoms with Crippen molar-refractivity contribution in [3.8, 4) is 0 Å². The van der Waals surface area contributed by atoms with Gasteiger partial charge in [-0.3, -0.25) is 4.68 Å². The van der Waals surface area contributed by atoms with E-state index in [4.69, 9.17) is 11.6 Å². The lowest BCUT2D eigenvalue weighted by Crippen LogP contribution is -2.16. The zero-order valence-corrected chi connectivity index (χ0v) is 10.7. The summed E-state index contributed by atoms with van der Waals surface area (Å²) in [5, 5.41) is 8.27. The topological polar surface area (TPSA) is 29.9 Å². The minimum atomic E-state index is 0.672. The van der Waals surface area contributed by atoms with Crippen molar-refractivity contribution in [2.75, 3.05) is 13.6 Å². The van der Waals surface area contributed by atoms with Crippen LogP contribution < -0.4 is 5.32 Å². The summed E-state index contributed by atoms with van der Waals surface area (Å²) in [6.45, 7) is 5.32. The van der Waals surface area contributed by atoms with Gasteiger partial charge in [0.2, 0.25) is 0 Å². The third kappa shape index (κ3) is 3.21. The molecule has 1 atom stereocenters. The van der Waals surface area contributed by atoms with Gasteiger partial charge in [0.05, 0.1) is 5.69 Å². The predicted molar refractivity (Wildman–Crippen MR) is 64.4 cm³/mol. The van der Waals surface area contributed by atoms with Crippen LogP contribution in [0.15, 0.2) is 0 Å². The molecule has 0 saturated heterocycles. The molecule has 0 bridgehead atoms. The monoisotopic (exact) mass is 229 g/mol. The molecule has 1 aromatic heterocycles. The first kappa shape index (κ1) is 12.5. The number of aryl methyl sites for hydroxylation is 2. The van der Waals surface area contributed by atoms with Crippen LogP contribution in [0.3, 0.4) is 0 Å². The van der Waals surface area contributed by atoms with Crippen molar-refractivity contribution >= 4 is 11.6 Å². The number of halogens is 1. The Labute approximate surface area is 96.8 Å². The van der Waals surface area contributed by atoms with E-state index in [1.54, 1.807) is 4.68 Å². The molecular formula is C11H20ClN3. The SMILES string of the molecule is CNCC(C)CCc1c(C)nn(C)c1Cl. The van der Waals surface area contributed by atoms with Crippen LogP contribution >= 0.6 is 11.6 Å². The average molecular weight is 230 g/mol. The summed E-state index contributed by atoms with van der Waals surface area (Å²) in [4.78, 5) is 0. The Kier molecular flexibility index (Phi) is 4.61. The Morgan fingerprint density at radius 2 is 2.20 bits per heavy atom. The highest BCUT2D eigenvalue weighted by molar-refractivity contribution is 6.30. The van der Waals surface area contributed by atoms with Gasteiger partial charge in [0.15, 0.2) is 0 Å². The molecule has 1 aromatic rings. The zero-order chi connectivity index (χ0) is 11.4. The van der Waals surface area contributed by atoms with Gasteiger partial charge >= 0.3 is 0 Å². The molecule has 3 nitrogen and oxygen atoms in total. The van der Waals surface area contributed by atoms with Crippen LogP contribution in [-0.4, -0.2) is 23.4 Å². The smallest absolute Gasteiger partial charge is 0.130 e. The van der Waals surface area contributed by atoms with Crippen LogP contribution in [0.5, 0.6) is 0 Å². The van der Waals surface area contributed by atoms with E-state index in [1.807, 2.05) is 21.0 Å². The van der Waals surface area contributed by atoms with Crippen molar-refractivity contribution in [2.45, 2.75) is 26.7 Å². The summed E-state index contributed by atoms with van der Waals surface area (Å²) >= 11 is 6.16. The molecule has 0 spiro atoms. The van der Waals surface area contributed by atoms with E-state index < -0.39 is 0 Å². The van der Waals surface area contributed by atoms with Gasteiger partial charge in [-0.2, -0.15) is 5.10 Å². The summed E-state index contributed by atoms with van der Waals surface area (Å²) in [6, 6.07) is 0. The van der Waals surface area contributed by atoms with Crippen molar-refractivity contribution < 1.29 is 0 Å². The van der Waals surface area contributed by atoms with Crippen LogP contribution in [0.1, 0.15) is 24.6 Å². The summed E-state index contributed by atoms with van der Waals surface area (Å²) < 4.78 is 1.74. The van der Waals surface area contributed by atoms with Gasteiger partial charge in [0.25, 0.3) is 0 Å². The Morgan fingerprint density at radius 1 is 1.53 bits per heavy atom. The van der Waals surface area contributed by atoms with Gasteiger partial charge in [-0.1, -0.05) is 18.5 Å². The van der Waals surface area contributed by atoms with Gasteiger partial charge in [-0.15, -0.1) is 0 Å². The molecule has 0 amide bonds. The highest BCUT2D eigenvalue weighted by atomic mass is 35.5. The number of rotatable bonds is 5. The lowest BCUT2D eigenvalue weighted by atomic mass is 10.0. The lowest BCUT2D eigenvalue weighted by molar-refractivity contribution is 0.504. The molecule has 1 unspecified atom stereocenters. The van der Waals surface area contributed by atoms with Crippen LogP contribution in [-0.2, 0) is 13.5 Å². The summed E-state index contributed by atoms with van der Waals surface area (Å²) in [7, 11) is 3.87. The summed E-state index contributed by atoms with van der Waals surface area (Å²) in [6.07, 6.45) is 2.16. The minimum Gasteiger partial charge on any atom is -0.319 e. The third-order valence-corrected chi connectivity index (χ3v) is 3.18. The molecule has 0 saturated carbocycles. The maximum atomic E-state index is 6.16. The second kappa shape index (κ2) is 5.52. The Morgan fingerprint density at radius 3 is 2.67 bits per heavy atom. The van der Waals surface area contributed by atoms with Gasteiger partial charge in [-0.05, 0) is 39.3 Å². The van der Waals surface area contributed by atoms with Gasteiger partial charge in [-0.25, -0.2) is 0 Å². The summed E-state index contributed by atoms with van der Waals surface area (Å²) in [5.74, 6) is 0.672. The fourth-order valence-electron chi connectivity index (χ4n) is 1.80. The van der Waals surface area contributed by atoms with E-state index in [9.17, 15) is 0 Å². The van der Waals surface area contributed by atoms with Crippen molar-refractivity contribution in [3.63, 3.8) is 0 Å². The Balaban J connectivity index is 2.57. The molecule has 0 fully saturated rings. The molecule has 1 N–H and O–H groups in total. The Bertz CT molecular complexity index is 320. The first-order valence-electron chi connectivity index (χ1n) is 5.38. The van der Waals surface area contributed by atoms with E-state index in [1.165, 1.54) is 5.56 Å². The van der Waals surface area contributed by atoms with E-state index in [-0.39, 0.29) is 0 Å². The number of hydrogen-bond acceptors (Lipinski definition) is 2. The number of hydrogen-bond donors (Lipinski definition) is 1. The second-order valence-corrected chi connectivity index (χ2v) is 4.54. The molecule has 86 valence electrons. The van der Waals surface area contributed by atoms with E-state index in [2.05, 4.69) is 17.3 Å². The molecule has 1 heterocycles. The number of nitrogens with zero attached hydrogens (tertiary/aromatic N) is 2. The van der Waals surface area contributed by atoms with Gasteiger partial charge in [0, 0.05) is 12.6 Å². The fraction of sp³-hybridized carbons (Fsp3) is 0.727. The standard InChI is InChI=1S/C11H20ClN3/c1-8(7-13-3)5-6-10-9(2)14-15(4)11(10)12/h8,13H,5-7H2,1-4H3. The predicted octanol–water partition coefficient (Wildman–Crippen LogP) is 2.17. The highest BCUT2D eigenvalue weighted by Gasteiger charge is 2.12. The highest BCUT2D eigenvalue weighted by Crippen LogP contribution is 2.21. The number of nitrogens with one attached hydrogen (secondary N) is 1. The van der Waals surface area contributed by atoms with Gasteiger partial charge in [0.1, 0.15) is 5.15 Å². The quantitative estimate of drug-likeness (QED) is 0.839. The molecule has 0 aromatic carbocycles. The van der Waals surface area contributed by atoms with E-state index >= 15 is 0 Å². The minimum absolute atomic E-state index is 0.672. The molecule has 1 rings (SSSR count). The molecule has 15 heavy (non-hydrogen) atoms. The van der Waals surface area contributed by atoms with E-state index in [0.29, 0.717) is 5.92 Å². The maximum absolute atomic E-state index is 6.16.